The van der Waals surface area contributed by atoms with Crippen LogP contribution in [0.2, 0.25) is 0 Å². The Kier molecular flexibility index (Phi) is 4.47. The third-order valence-electron chi connectivity index (χ3n) is 5.56. The fraction of sp³-hybridized carbons (Fsp3) is 0.167. The lowest BCUT2D eigenvalue weighted by Gasteiger charge is -2.32. The van der Waals surface area contributed by atoms with Crippen molar-refractivity contribution in [2.45, 2.75) is 25.3 Å². The van der Waals surface area contributed by atoms with Gasteiger partial charge in [0.1, 0.15) is 17.6 Å². The Balaban J connectivity index is 1.76. The Morgan fingerprint density at radius 1 is 1.03 bits per heavy atom. The number of para-hydroxylation sites is 2. The van der Waals surface area contributed by atoms with E-state index in [1.165, 1.54) is 30.5 Å². The molecule has 2 heterocycles. The number of nitrogens with zero attached hydrogens (tertiary/aromatic N) is 1. The van der Waals surface area contributed by atoms with Crippen molar-refractivity contribution in [1.29, 1.82) is 0 Å². The average Bonchev–Trinajstić information content (AvgIpc) is 3.23. The molecule has 0 bridgehead atoms. The maximum atomic E-state index is 13.7. The highest BCUT2D eigenvalue weighted by molar-refractivity contribution is 6.11. The standard InChI is InChI=1S/C24H19FN2O3/c25-16-12-10-15(11-13-16)24(29)27-19-7-2-1-5-17(19)26-18-6-3-8-20(28)22(18)23(27)21-9-4-14-30-21/h1-2,4-5,7,9-14,23,26H,3,6,8H2/t23-/m0/s1. The number of ketones is 1. The van der Waals surface area contributed by atoms with Crippen LogP contribution in [0.25, 0.3) is 0 Å². The first-order valence-corrected chi connectivity index (χ1v) is 9.88. The molecular formula is C24H19FN2O3. The van der Waals surface area contributed by atoms with Gasteiger partial charge in [0.2, 0.25) is 0 Å². The first-order chi connectivity index (χ1) is 14.6. The van der Waals surface area contributed by atoms with Crippen LogP contribution in [-0.4, -0.2) is 11.7 Å². The van der Waals surface area contributed by atoms with Crippen molar-refractivity contribution in [3.63, 3.8) is 0 Å². The Hall–Kier alpha value is -3.67. The first kappa shape index (κ1) is 18.4. The summed E-state index contributed by atoms with van der Waals surface area (Å²) in [4.78, 5) is 28.4. The summed E-state index contributed by atoms with van der Waals surface area (Å²) in [6, 6.07) is 15.7. The Bertz CT molecular complexity index is 1150. The summed E-state index contributed by atoms with van der Waals surface area (Å²) in [7, 11) is 0. The molecule has 5 nitrogen and oxygen atoms in total. The van der Waals surface area contributed by atoms with Gasteiger partial charge in [-0.1, -0.05) is 12.1 Å². The number of Topliss-reactive ketones (excluding diaryl/α,β-unsaturated/α-hetero) is 1. The summed E-state index contributed by atoms with van der Waals surface area (Å²) in [5, 5.41) is 3.39. The van der Waals surface area contributed by atoms with Crippen molar-refractivity contribution in [2.24, 2.45) is 0 Å². The van der Waals surface area contributed by atoms with E-state index in [1.54, 1.807) is 17.0 Å². The molecule has 1 atom stereocenters. The van der Waals surface area contributed by atoms with Gasteiger partial charge in [-0.15, -0.1) is 0 Å². The molecule has 3 aromatic rings. The molecule has 150 valence electrons. The smallest absolute Gasteiger partial charge is 0.259 e. The lowest BCUT2D eigenvalue weighted by atomic mass is 9.88. The molecular weight excluding hydrogens is 383 g/mol. The quantitative estimate of drug-likeness (QED) is 0.637. The summed E-state index contributed by atoms with van der Waals surface area (Å²) in [6.45, 7) is 0. The van der Waals surface area contributed by atoms with E-state index in [0.29, 0.717) is 35.4 Å². The fourth-order valence-electron chi connectivity index (χ4n) is 4.21. The molecule has 0 unspecified atom stereocenters. The van der Waals surface area contributed by atoms with Gasteiger partial charge in [-0.2, -0.15) is 0 Å². The van der Waals surface area contributed by atoms with Gasteiger partial charge in [-0.05, 0) is 61.4 Å². The largest absolute Gasteiger partial charge is 0.467 e. The molecule has 0 saturated heterocycles. The van der Waals surface area contributed by atoms with Crippen molar-refractivity contribution >= 4 is 23.1 Å². The fourth-order valence-corrected chi connectivity index (χ4v) is 4.21. The second-order valence-corrected chi connectivity index (χ2v) is 7.41. The van der Waals surface area contributed by atoms with Crippen LogP contribution in [0.15, 0.2) is 82.6 Å². The maximum Gasteiger partial charge on any atom is 0.259 e. The van der Waals surface area contributed by atoms with Gasteiger partial charge in [0.25, 0.3) is 5.91 Å². The van der Waals surface area contributed by atoms with Crippen LogP contribution in [0.3, 0.4) is 0 Å². The van der Waals surface area contributed by atoms with Crippen LogP contribution in [0.4, 0.5) is 15.8 Å². The number of hydrogen-bond acceptors (Lipinski definition) is 4. The highest BCUT2D eigenvalue weighted by atomic mass is 19.1. The molecule has 30 heavy (non-hydrogen) atoms. The minimum absolute atomic E-state index is 0.00476. The van der Waals surface area contributed by atoms with Crippen LogP contribution in [0, 0.1) is 5.82 Å². The molecule has 1 N–H and O–H groups in total. The Morgan fingerprint density at radius 3 is 2.60 bits per heavy atom. The lowest BCUT2D eigenvalue weighted by molar-refractivity contribution is -0.116. The van der Waals surface area contributed by atoms with E-state index in [0.717, 1.165) is 17.8 Å². The number of carbonyl (C=O) groups is 2. The normalized spacial score (nSPS) is 18.4. The zero-order valence-electron chi connectivity index (χ0n) is 16.1. The summed E-state index contributed by atoms with van der Waals surface area (Å²) in [5.41, 5.74) is 3.06. The SMILES string of the molecule is O=C1CCCC2=C1[C@H](c1ccco1)N(C(=O)c1ccc(F)cc1)c1ccccc1N2. The molecule has 0 saturated carbocycles. The van der Waals surface area contributed by atoms with E-state index in [4.69, 9.17) is 4.42 Å². The lowest BCUT2D eigenvalue weighted by Crippen LogP contribution is -2.37. The summed E-state index contributed by atoms with van der Waals surface area (Å²) < 4.78 is 19.2. The third-order valence-corrected chi connectivity index (χ3v) is 5.56. The van der Waals surface area contributed by atoms with Gasteiger partial charge in [0, 0.05) is 23.3 Å². The van der Waals surface area contributed by atoms with Gasteiger partial charge in [-0.3, -0.25) is 14.5 Å². The van der Waals surface area contributed by atoms with E-state index < -0.39 is 11.9 Å². The molecule has 2 aliphatic rings. The van der Waals surface area contributed by atoms with Crippen molar-refractivity contribution in [1.82, 2.24) is 0 Å². The van der Waals surface area contributed by atoms with Crippen LogP contribution in [-0.2, 0) is 4.79 Å². The predicted octanol–water partition coefficient (Wildman–Crippen LogP) is 5.24. The zero-order chi connectivity index (χ0) is 20.7. The number of benzene rings is 2. The van der Waals surface area contributed by atoms with Crippen molar-refractivity contribution in [3.8, 4) is 0 Å². The monoisotopic (exact) mass is 402 g/mol. The summed E-state index contributed by atoms with van der Waals surface area (Å²) in [6.07, 6.45) is 3.43. The van der Waals surface area contributed by atoms with Gasteiger partial charge in [0.15, 0.2) is 5.78 Å². The molecule has 0 radical (unpaired) electrons. The summed E-state index contributed by atoms with van der Waals surface area (Å²) in [5.74, 6) is -0.251. The number of allylic oxidation sites excluding steroid dienone is 1. The van der Waals surface area contributed by atoms with Gasteiger partial charge in [-0.25, -0.2) is 4.39 Å². The van der Waals surface area contributed by atoms with Crippen LogP contribution < -0.4 is 10.2 Å². The molecule has 0 fully saturated rings. The molecule has 1 aromatic heterocycles. The maximum absolute atomic E-state index is 13.7. The van der Waals surface area contributed by atoms with Gasteiger partial charge < -0.3 is 9.73 Å². The van der Waals surface area contributed by atoms with Crippen LogP contribution >= 0.6 is 0 Å². The highest BCUT2D eigenvalue weighted by Crippen LogP contribution is 2.45. The Morgan fingerprint density at radius 2 is 1.83 bits per heavy atom. The van der Waals surface area contributed by atoms with Crippen LogP contribution in [0.1, 0.15) is 41.4 Å². The number of amides is 1. The molecule has 0 spiro atoms. The second kappa shape index (κ2) is 7.30. The average molecular weight is 402 g/mol. The van der Waals surface area contributed by atoms with E-state index in [1.807, 2.05) is 24.3 Å². The number of fused-ring (bicyclic) bond motifs is 1. The molecule has 6 heteroatoms. The molecule has 1 aliphatic carbocycles. The summed E-state index contributed by atoms with van der Waals surface area (Å²) >= 11 is 0. The topological polar surface area (TPSA) is 62.6 Å². The second-order valence-electron chi connectivity index (χ2n) is 7.41. The van der Waals surface area contributed by atoms with Crippen LogP contribution in [0.5, 0.6) is 0 Å². The number of furan rings is 1. The number of halogens is 1. The third kappa shape index (κ3) is 3.01. The van der Waals surface area contributed by atoms with Crippen molar-refractivity contribution < 1.29 is 18.4 Å². The number of carbonyl (C=O) groups excluding carboxylic acids is 2. The highest BCUT2D eigenvalue weighted by Gasteiger charge is 2.41. The van der Waals surface area contributed by atoms with Crippen molar-refractivity contribution in [3.05, 3.63) is 95.3 Å². The minimum atomic E-state index is -0.712. The zero-order valence-corrected chi connectivity index (χ0v) is 16.1. The number of anilines is 2. The van der Waals surface area contributed by atoms with Crippen molar-refractivity contribution in [2.75, 3.05) is 10.2 Å². The number of rotatable bonds is 2. The predicted molar refractivity (Wildman–Crippen MR) is 111 cm³/mol. The van der Waals surface area contributed by atoms with E-state index in [9.17, 15) is 14.0 Å². The van der Waals surface area contributed by atoms with Gasteiger partial charge in [0.05, 0.1) is 17.6 Å². The minimum Gasteiger partial charge on any atom is -0.467 e. The number of nitrogens with one attached hydrogen (secondary N) is 1. The van der Waals surface area contributed by atoms with E-state index in [-0.39, 0.29) is 11.7 Å². The number of hydrogen-bond donors (Lipinski definition) is 1. The van der Waals surface area contributed by atoms with Gasteiger partial charge >= 0.3 is 0 Å². The van der Waals surface area contributed by atoms with E-state index in [2.05, 4.69) is 5.32 Å². The first-order valence-electron chi connectivity index (χ1n) is 9.88. The molecule has 2 aromatic carbocycles. The molecule has 1 amide bonds. The molecule has 5 rings (SSSR count). The molecule has 1 aliphatic heterocycles. The van der Waals surface area contributed by atoms with E-state index >= 15 is 0 Å². The Labute approximate surface area is 172 Å².